The third kappa shape index (κ3) is 4.63. The summed E-state index contributed by atoms with van der Waals surface area (Å²) in [5, 5.41) is 3.58. The molecule has 0 fully saturated rings. The van der Waals surface area contributed by atoms with E-state index < -0.39 is 0 Å². The maximum atomic E-state index is 12.8. The molecule has 1 amide bonds. The molecule has 2 aromatic heterocycles. The van der Waals surface area contributed by atoms with Crippen molar-refractivity contribution in [1.29, 1.82) is 0 Å². The monoisotopic (exact) mass is 418 g/mol. The van der Waals surface area contributed by atoms with E-state index in [-0.39, 0.29) is 5.91 Å². The molecule has 0 saturated carbocycles. The van der Waals surface area contributed by atoms with Crippen molar-refractivity contribution in [3.8, 4) is 0 Å². The highest BCUT2D eigenvalue weighted by Gasteiger charge is 2.13. The molecule has 1 N–H and O–H groups in total. The van der Waals surface area contributed by atoms with Crippen molar-refractivity contribution in [2.45, 2.75) is 17.5 Å². The number of oxazole rings is 1. The topological polar surface area (TPSA) is 71.3 Å². The quantitative estimate of drug-likeness (QED) is 0.445. The number of para-hydroxylation sites is 2. The fourth-order valence-electron chi connectivity index (χ4n) is 2.98. The summed E-state index contributed by atoms with van der Waals surface area (Å²) in [5.41, 5.74) is 4.13. The molecule has 7 heteroatoms. The van der Waals surface area contributed by atoms with Crippen LogP contribution >= 0.6 is 11.8 Å². The first-order chi connectivity index (χ1) is 14.6. The van der Waals surface area contributed by atoms with Gasteiger partial charge in [-0.15, -0.1) is 0 Å². The van der Waals surface area contributed by atoms with E-state index in [0.717, 1.165) is 28.0 Å². The van der Waals surface area contributed by atoms with E-state index >= 15 is 0 Å². The van der Waals surface area contributed by atoms with E-state index in [2.05, 4.69) is 15.3 Å². The number of nitrogens with zero attached hydrogens (tertiary/aromatic N) is 3. The predicted molar refractivity (Wildman–Crippen MR) is 120 cm³/mol. The molecule has 0 bridgehead atoms. The van der Waals surface area contributed by atoms with Crippen molar-refractivity contribution in [2.75, 3.05) is 19.0 Å². The van der Waals surface area contributed by atoms with Crippen LogP contribution < -0.4 is 10.2 Å². The number of pyridine rings is 1. The van der Waals surface area contributed by atoms with Crippen LogP contribution in [0.15, 0.2) is 76.5 Å². The van der Waals surface area contributed by atoms with Gasteiger partial charge in [-0.25, -0.2) is 9.97 Å². The Hall–Kier alpha value is -3.32. The molecule has 30 heavy (non-hydrogen) atoms. The molecular formula is C23H22N4O2S. The fraction of sp³-hybridized carbons (Fsp3) is 0.174. The fourth-order valence-corrected chi connectivity index (χ4v) is 3.83. The first kappa shape index (κ1) is 20.0. The highest BCUT2D eigenvalue weighted by atomic mass is 32.2. The summed E-state index contributed by atoms with van der Waals surface area (Å²) in [6.45, 7) is 0.423. The van der Waals surface area contributed by atoms with Gasteiger partial charge in [0, 0.05) is 38.2 Å². The lowest BCUT2D eigenvalue weighted by Gasteiger charge is -2.12. The molecule has 0 unspecified atom stereocenters. The van der Waals surface area contributed by atoms with Gasteiger partial charge in [0.2, 0.25) is 0 Å². The standard InChI is InChI=1S/C23H22N4O2S/c1-27(2)21-12-11-16(13-24-21)14-25-22(28)18-8-4-3-7-17(18)15-30-23-26-19-9-5-6-10-20(19)29-23/h3-13H,14-15H2,1-2H3,(H,25,28). The summed E-state index contributed by atoms with van der Waals surface area (Å²) < 4.78 is 5.76. The molecule has 2 heterocycles. The van der Waals surface area contributed by atoms with Gasteiger partial charge in [-0.2, -0.15) is 0 Å². The average Bonchev–Trinajstić information content (AvgIpc) is 3.19. The molecule has 4 rings (SSSR count). The number of rotatable bonds is 7. The second-order valence-electron chi connectivity index (χ2n) is 7.00. The molecule has 4 aromatic rings. The number of carbonyl (C=O) groups is 1. The van der Waals surface area contributed by atoms with E-state index in [0.29, 0.717) is 23.1 Å². The smallest absolute Gasteiger partial charge is 0.257 e. The molecule has 0 aliphatic carbocycles. The number of amides is 1. The molecule has 0 atom stereocenters. The molecule has 0 aliphatic heterocycles. The Morgan fingerprint density at radius 2 is 1.87 bits per heavy atom. The lowest BCUT2D eigenvalue weighted by Crippen LogP contribution is -2.24. The molecule has 0 radical (unpaired) electrons. The number of hydrogen-bond acceptors (Lipinski definition) is 6. The van der Waals surface area contributed by atoms with Crippen LogP contribution in [0.3, 0.4) is 0 Å². The van der Waals surface area contributed by atoms with Crippen LogP contribution in [-0.2, 0) is 12.3 Å². The largest absolute Gasteiger partial charge is 0.431 e. The highest BCUT2D eigenvalue weighted by molar-refractivity contribution is 7.98. The summed E-state index contributed by atoms with van der Waals surface area (Å²) in [6.07, 6.45) is 1.78. The zero-order valence-corrected chi connectivity index (χ0v) is 17.6. The van der Waals surface area contributed by atoms with Gasteiger partial charge in [-0.3, -0.25) is 4.79 Å². The normalized spacial score (nSPS) is 10.9. The number of nitrogens with one attached hydrogen (secondary N) is 1. The minimum atomic E-state index is -0.111. The third-order valence-corrected chi connectivity index (χ3v) is 5.48. The second-order valence-corrected chi connectivity index (χ2v) is 7.92. The maximum Gasteiger partial charge on any atom is 0.257 e. The van der Waals surface area contributed by atoms with Crippen LogP contribution in [-0.4, -0.2) is 30.0 Å². The van der Waals surface area contributed by atoms with Crippen LogP contribution in [0.5, 0.6) is 0 Å². The van der Waals surface area contributed by atoms with Gasteiger partial charge in [0.25, 0.3) is 11.1 Å². The van der Waals surface area contributed by atoms with Crippen molar-refractivity contribution >= 4 is 34.6 Å². The van der Waals surface area contributed by atoms with Gasteiger partial charge >= 0.3 is 0 Å². The van der Waals surface area contributed by atoms with Crippen molar-refractivity contribution in [1.82, 2.24) is 15.3 Å². The van der Waals surface area contributed by atoms with E-state index in [4.69, 9.17) is 4.42 Å². The molecular weight excluding hydrogens is 396 g/mol. The molecule has 0 aliphatic rings. The van der Waals surface area contributed by atoms with Crippen molar-refractivity contribution in [3.63, 3.8) is 0 Å². The van der Waals surface area contributed by atoms with Gasteiger partial charge < -0.3 is 14.6 Å². The average molecular weight is 419 g/mol. The third-order valence-electron chi connectivity index (χ3n) is 4.61. The first-order valence-corrected chi connectivity index (χ1v) is 10.6. The minimum absolute atomic E-state index is 0.111. The number of benzene rings is 2. The lowest BCUT2D eigenvalue weighted by atomic mass is 10.1. The minimum Gasteiger partial charge on any atom is -0.431 e. The Bertz CT molecular complexity index is 1120. The molecule has 2 aromatic carbocycles. The summed E-state index contributed by atoms with van der Waals surface area (Å²) in [4.78, 5) is 23.6. The zero-order chi connectivity index (χ0) is 20.9. The lowest BCUT2D eigenvalue weighted by molar-refractivity contribution is 0.0950. The zero-order valence-electron chi connectivity index (χ0n) is 16.8. The molecule has 6 nitrogen and oxygen atoms in total. The van der Waals surface area contributed by atoms with Crippen LogP contribution in [0.25, 0.3) is 11.1 Å². The van der Waals surface area contributed by atoms with E-state index in [9.17, 15) is 4.79 Å². The predicted octanol–water partition coefficient (Wildman–Crippen LogP) is 4.51. The van der Waals surface area contributed by atoms with E-state index in [1.54, 1.807) is 6.20 Å². The van der Waals surface area contributed by atoms with Crippen LogP contribution in [0.1, 0.15) is 21.5 Å². The van der Waals surface area contributed by atoms with Crippen LogP contribution in [0.2, 0.25) is 0 Å². The number of hydrogen-bond donors (Lipinski definition) is 1. The molecule has 0 saturated heterocycles. The summed E-state index contributed by atoms with van der Waals surface area (Å²) in [7, 11) is 3.89. The van der Waals surface area contributed by atoms with Gasteiger partial charge in [0.1, 0.15) is 11.3 Å². The Morgan fingerprint density at radius 1 is 1.07 bits per heavy atom. The maximum absolute atomic E-state index is 12.8. The first-order valence-electron chi connectivity index (χ1n) is 9.57. The second kappa shape index (κ2) is 9.00. The Labute approximate surface area is 179 Å². The van der Waals surface area contributed by atoms with Gasteiger partial charge in [-0.1, -0.05) is 48.2 Å². The number of carbonyl (C=O) groups excluding carboxylic acids is 1. The number of thioether (sulfide) groups is 1. The van der Waals surface area contributed by atoms with Gasteiger partial charge in [-0.05, 0) is 35.4 Å². The van der Waals surface area contributed by atoms with Crippen molar-refractivity contribution in [2.24, 2.45) is 0 Å². The SMILES string of the molecule is CN(C)c1ccc(CNC(=O)c2ccccc2CSc2nc3ccccc3o2)cn1. The van der Waals surface area contributed by atoms with Crippen molar-refractivity contribution in [3.05, 3.63) is 83.6 Å². The summed E-state index contributed by atoms with van der Waals surface area (Å²) in [5.74, 6) is 1.36. The molecule has 152 valence electrons. The van der Waals surface area contributed by atoms with E-state index in [1.807, 2.05) is 79.7 Å². The Kier molecular flexibility index (Phi) is 5.99. The van der Waals surface area contributed by atoms with Crippen LogP contribution in [0.4, 0.5) is 5.82 Å². The van der Waals surface area contributed by atoms with Crippen molar-refractivity contribution < 1.29 is 9.21 Å². The van der Waals surface area contributed by atoms with Crippen LogP contribution in [0, 0.1) is 0 Å². The van der Waals surface area contributed by atoms with Gasteiger partial charge in [0.05, 0.1) is 0 Å². The summed E-state index contributed by atoms with van der Waals surface area (Å²) in [6, 6.07) is 19.2. The highest BCUT2D eigenvalue weighted by Crippen LogP contribution is 2.27. The molecule has 0 spiro atoms. The number of fused-ring (bicyclic) bond motifs is 1. The number of anilines is 1. The Morgan fingerprint density at radius 3 is 2.63 bits per heavy atom. The van der Waals surface area contributed by atoms with E-state index in [1.165, 1.54) is 11.8 Å². The summed E-state index contributed by atoms with van der Waals surface area (Å²) >= 11 is 1.48. The Balaban J connectivity index is 1.41. The number of aromatic nitrogens is 2. The van der Waals surface area contributed by atoms with Gasteiger partial charge in [0.15, 0.2) is 5.58 Å².